The van der Waals surface area contributed by atoms with Crippen molar-refractivity contribution in [2.75, 3.05) is 11.1 Å². The van der Waals surface area contributed by atoms with Gasteiger partial charge in [-0.15, -0.1) is 0 Å². The number of thioether (sulfide) groups is 1. The van der Waals surface area contributed by atoms with Gasteiger partial charge >= 0.3 is 6.03 Å². The molecule has 1 aromatic heterocycles. The predicted octanol–water partition coefficient (Wildman–Crippen LogP) is 2.61. The first kappa shape index (κ1) is 14.2. The molecule has 0 saturated heterocycles. The maximum atomic E-state index is 11.9. The Morgan fingerprint density at radius 1 is 1.58 bits per heavy atom. The van der Waals surface area contributed by atoms with Gasteiger partial charge in [-0.1, -0.05) is 13.3 Å². The Labute approximate surface area is 118 Å². The molecule has 2 rings (SSSR count). The van der Waals surface area contributed by atoms with E-state index >= 15 is 0 Å². The number of anilines is 1. The van der Waals surface area contributed by atoms with Crippen molar-refractivity contribution in [3.8, 4) is 0 Å². The molecule has 6 heteroatoms. The number of urea groups is 1. The zero-order valence-electron chi connectivity index (χ0n) is 11.6. The largest absolute Gasteiger partial charge is 0.335 e. The summed E-state index contributed by atoms with van der Waals surface area (Å²) in [5, 5.41) is 10.6. The summed E-state index contributed by atoms with van der Waals surface area (Å²) in [5.41, 5.74) is 0.732. The van der Waals surface area contributed by atoms with Gasteiger partial charge in [-0.25, -0.2) is 4.79 Å². The molecule has 1 heterocycles. The molecule has 106 valence electrons. The van der Waals surface area contributed by atoms with Crippen LogP contribution in [0.15, 0.2) is 12.4 Å². The summed E-state index contributed by atoms with van der Waals surface area (Å²) in [7, 11) is 1.83. The minimum Gasteiger partial charge on any atom is -0.335 e. The van der Waals surface area contributed by atoms with Crippen molar-refractivity contribution in [2.24, 2.45) is 7.05 Å². The molecule has 0 aliphatic heterocycles. The number of nitrogens with zero attached hydrogens (tertiary/aromatic N) is 2. The van der Waals surface area contributed by atoms with Crippen molar-refractivity contribution < 1.29 is 4.79 Å². The van der Waals surface area contributed by atoms with E-state index in [4.69, 9.17) is 0 Å². The van der Waals surface area contributed by atoms with E-state index in [1.54, 1.807) is 17.1 Å². The highest BCUT2D eigenvalue weighted by Gasteiger charge is 2.23. The van der Waals surface area contributed by atoms with Gasteiger partial charge in [-0.2, -0.15) is 16.9 Å². The summed E-state index contributed by atoms with van der Waals surface area (Å²) in [6.45, 7) is 2.19. The van der Waals surface area contributed by atoms with Crippen LogP contribution in [-0.4, -0.2) is 32.9 Å². The first-order valence-corrected chi connectivity index (χ1v) is 7.90. The maximum absolute atomic E-state index is 11.9. The third-order valence-corrected chi connectivity index (χ3v) is 4.56. The molecular weight excluding hydrogens is 260 g/mol. The Morgan fingerprint density at radius 2 is 2.42 bits per heavy atom. The highest BCUT2D eigenvalue weighted by atomic mass is 32.2. The normalized spacial score (nSPS) is 23.1. The minimum atomic E-state index is -0.125. The average molecular weight is 282 g/mol. The second-order valence-electron chi connectivity index (χ2n) is 4.94. The number of nitrogens with one attached hydrogen (secondary N) is 2. The summed E-state index contributed by atoms with van der Waals surface area (Å²) in [6, 6.07) is 0.176. The summed E-state index contributed by atoms with van der Waals surface area (Å²) in [4.78, 5) is 11.9. The number of aromatic nitrogens is 2. The summed E-state index contributed by atoms with van der Waals surface area (Å²) >= 11 is 2.01. The van der Waals surface area contributed by atoms with Gasteiger partial charge in [0.15, 0.2) is 0 Å². The van der Waals surface area contributed by atoms with E-state index in [0.29, 0.717) is 11.3 Å². The van der Waals surface area contributed by atoms with Crippen molar-refractivity contribution >= 4 is 23.5 Å². The van der Waals surface area contributed by atoms with Crippen LogP contribution in [0.3, 0.4) is 0 Å². The zero-order valence-corrected chi connectivity index (χ0v) is 12.4. The average Bonchev–Trinajstić information content (AvgIpc) is 2.75. The van der Waals surface area contributed by atoms with Crippen LogP contribution in [0.1, 0.15) is 32.6 Å². The molecule has 1 fully saturated rings. The predicted molar refractivity (Wildman–Crippen MR) is 79.5 cm³/mol. The molecule has 0 radical (unpaired) electrons. The van der Waals surface area contributed by atoms with E-state index in [-0.39, 0.29) is 6.03 Å². The molecule has 0 aromatic carbocycles. The van der Waals surface area contributed by atoms with E-state index in [1.807, 2.05) is 18.8 Å². The third kappa shape index (κ3) is 4.45. The molecule has 1 aliphatic rings. The van der Waals surface area contributed by atoms with Gasteiger partial charge in [0.2, 0.25) is 0 Å². The highest BCUT2D eigenvalue weighted by molar-refractivity contribution is 7.99. The Hall–Kier alpha value is -1.17. The Kier molecular flexibility index (Phi) is 5.13. The number of carbonyl (C=O) groups excluding carboxylic acids is 1. The van der Waals surface area contributed by atoms with Crippen molar-refractivity contribution in [3.05, 3.63) is 12.4 Å². The first-order valence-electron chi connectivity index (χ1n) is 6.85. The molecule has 1 aliphatic carbocycles. The van der Waals surface area contributed by atoms with E-state index in [9.17, 15) is 4.79 Å². The first-order chi connectivity index (χ1) is 9.17. The van der Waals surface area contributed by atoms with Crippen LogP contribution < -0.4 is 10.6 Å². The van der Waals surface area contributed by atoms with Crippen LogP contribution in [-0.2, 0) is 7.05 Å². The lowest BCUT2D eigenvalue weighted by Gasteiger charge is -2.29. The smallest absolute Gasteiger partial charge is 0.319 e. The van der Waals surface area contributed by atoms with Crippen LogP contribution in [0.4, 0.5) is 10.5 Å². The number of hydrogen-bond acceptors (Lipinski definition) is 3. The zero-order chi connectivity index (χ0) is 13.7. The fourth-order valence-electron chi connectivity index (χ4n) is 2.50. The van der Waals surface area contributed by atoms with Crippen LogP contribution >= 0.6 is 11.8 Å². The number of hydrogen-bond donors (Lipinski definition) is 2. The van der Waals surface area contributed by atoms with Crippen LogP contribution in [0.5, 0.6) is 0 Å². The highest BCUT2D eigenvalue weighted by Crippen LogP contribution is 2.28. The molecule has 2 atom stereocenters. The summed E-state index contributed by atoms with van der Waals surface area (Å²) < 4.78 is 1.67. The Morgan fingerprint density at radius 3 is 3.11 bits per heavy atom. The molecule has 2 amide bonds. The maximum Gasteiger partial charge on any atom is 0.319 e. The fraction of sp³-hybridized carbons (Fsp3) is 0.692. The van der Waals surface area contributed by atoms with Gasteiger partial charge in [-0.3, -0.25) is 4.68 Å². The molecule has 2 N–H and O–H groups in total. The lowest BCUT2D eigenvalue weighted by Crippen LogP contribution is -2.41. The molecular formula is C13H22N4OS. The molecule has 19 heavy (non-hydrogen) atoms. The van der Waals surface area contributed by atoms with Gasteiger partial charge < -0.3 is 10.6 Å². The fourth-order valence-corrected chi connectivity index (χ4v) is 3.67. The number of rotatable bonds is 4. The molecule has 5 nitrogen and oxygen atoms in total. The van der Waals surface area contributed by atoms with E-state index in [1.165, 1.54) is 12.8 Å². The van der Waals surface area contributed by atoms with Crippen molar-refractivity contribution in [3.63, 3.8) is 0 Å². The van der Waals surface area contributed by atoms with Crippen molar-refractivity contribution in [1.82, 2.24) is 15.1 Å². The van der Waals surface area contributed by atoms with Crippen LogP contribution in [0, 0.1) is 0 Å². The van der Waals surface area contributed by atoms with Gasteiger partial charge in [0.1, 0.15) is 0 Å². The number of amides is 2. The Balaban J connectivity index is 1.78. The lowest BCUT2D eigenvalue weighted by molar-refractivity contribution is 0.244. The van der Waals surface area contributed by atoms with Gasteiger partial charge in [0.05, 0.1) is 11.9 Å². The van der Waals surface area contributed by atoms with E-state index < -0.39 is 0 Å². The summed E-state index contributed by atoms with van der Waals surface area (Å²) in [6.07, 6.45) is 8.09. The van der Waals surface area contributed by atoms with Crippen LogP contribution in [0.2, 0.25) is 0 Å². The van der Waals surface area contributed by atoms with Crippen molar-refractivity contribution in [1.29, 1.82) is 0 Å². The molecule has 0 spiro atoms. The summed E-state index contributed by atoms with van der Waals surface area (Å²) in [5.74, 6) is 1.15. The van der Waals surface area contributed by atoms with Gasteiger partial charge in [-0.05, 0) is 25.0 Å². The van der Waals surface area contributed by atoms with E-state index in [2.05, 4.69) is 22.7 Å². The molecule has 1 aromatic rings. The second-order valence-corrected chi connectivity index (χ2v) is 6.52. The Bertz CT molecular complexity index is 419. The van der Waals surface area contributed by atoms with Gasteiger partial charge in [0.25, 0.3) is 0 Å². The molecule has 1 saturated carbocycles. The van der Waals surface area contributed by atoms with Crippen LogP contribution in [0.25, 0.3) is 0 Å². The standard InChI is InChI=1S/C13H22N4OS/c1-3-19-12-6-4-5-10(7-12)15-13(18)16-11-8-14-17(2)9-11/h8-10,12H,3-7H2,1-2H3,(H2,15,16,18)/t10-,12+/m0/s1. The minimum absolute atomic E-state index is 0.125. The van der Waals surface area contributed by atoms with Crippen molar-refractivity contribution in [2.45, 2.75) is 43.9 Å². The molecule has 0 bridgehead atoms. The number of carbonyl (C=O) groups is 1. The monoisotopic (exact) mass is 282 g/mol. The number of aryl methyl sites for hydroxylation is 1. The SMILES string of the molecule is CCS[C@@H]1CCC[C@H](NC(=O)Nc2cnn(C)c2)C1. The third-order valence-electron chi connectivity index (χ3n) is 3.33. The van der Waals surface area contributed by atoms with E-state index in [0.717, 1.165) is 24.3 Å². The molecule has 0 unspecified atom stereocenters. The van der Waals surface area contributed by atoms with Gasteiger partial charge in [0, 0.05) is 24.5 Å². The lowest BCUT2D eigenvalue weighted by atomic mass is 9.95. The topological polar surface area (TPSA) is 59.0 Å². The quantitative estimate of drug-likeness (QED) is 0.892. The second kappa shape index (κ2) is 6.84.